The largest absolute Gasteiger partial charge is 0.481 e. The van der Waals surface area contributed by atoms with E-state index >= 15 is 0 Å². The van der Waals surface area contributed by atoms with Crippen LogP contribution in [-0.4, -0.2) is 61.4 Å². The molecule has 2 saturated carbocycles. The number of alkyl halides is 2. The molecule has 0 radical (unpaired) electrons. The van der Waals surface area contributed by atoms with Crippen LogP contribution in [-0.2, 0) is 9.59 Å². The summed E-state index contributed by atoms with van der Waals surface area (Å²) < 4.78 is 28.4. The number of aliphatic carboxylic acids is 1. The number of carbonyl (C=O) groups excluding carboxylic acids is 2. The molecule has 3 heterocycles. The number of rotatable bonds is 5. The Morgan fingerprint density at radius 1 is 1.00 bits per heavy atom. The van der Waals surface area contributed by atoms with Crippen LogP contribution in [0, 0.1) is 11.8 Å². The molecule has 9 nitrogen and oxygen atoms in total. The molecule has 2 aliphatic carbocycles. The van der Waals surface area contributed by atoms with E-state index in [2.05, 4.69) is 15.4 Å². The van der Waals surface area contributed by atoms with E-state index in [1.54, 1.807) is 34.8 Å². The topological polar surface area (TPSA) is 117 Å². The van der Waals surface area contributed by atoms with Crippen molar-refractivity contribution in [1.29, 1.82) is 0 Å². The molecule has 6 rings (SSSR count). The standard InChI is InChI=1S/C21H19F2N5O2.C4H6O2/c22-21(23)10-11-27(12-21)19(30)15-8-4-13(5-9-15)16-2-1-3-17-24-20(26-28(16)17)25-18(29)14-6-7-14;5-4(6)3-1-2-3/h1-5,8-9,14H,6-7,10-12H2,(H,25,26,29);3H,1-2H2,(H,5,6). The first kappa shape index (κ1) is 23.8. The fourth-order valence-electron chi connectivity index (χ4n) is 3.94. The summed E-state index contributed by atoms with van der Waals surface area (Å²) >= 11 is 0. The highest BCUT2D eigenvalue weighted by Crippen LogP contribution is 2.31. The van der Waals surface area contributed by atoms with Crippen LogP contribution >= 0.6 is 0 Å². The number of carbonyl (C=O) groups is 3. The lowest BCUT2D eigenvalue weighted by Crippen LogP contribution is -2.31. The zero-order chi connectivity index (χ0) is 25.4. The number of nitrogens with zero attached hydrogens (tertiary/aromatic N) is 4. The Morgan fingerprint density at radius 2 is 1.69 bits per heavy atom. The van der Waals surface area contributed by atoms with Crippen molar-refractivity contribution in [1.82, 2.24) is 19.5 Å². The van der Waals surface area contributed by atoms with Gasteiger partial charge in [0.2, 0.25) is 11.9 Å². The molecule has 0 atom stereocenters. The van der Waals surface area contributed by atoms with Gasteiger partial charge in [0.1, 0.15) is 0 Å². The number of pyridine rings is 1. The molecule has 11 heteroatoms. The van der Waals surface area contributed by atoms with Crippen molar-refractivity contribution < 1.29 is 28.3 Å². The monoisotopic (exact) mass is 497 g/mol. The van der Waals surface area contributed by atoms with Gasteiger partial charge < -0.3 is 10.0 Å². The van der Waals surface area contributed by atoms with Crippen molar-refractivity contribution >= 4 is 29.4 Å². The normalized spacial score (nSPS) is 18.4. The maximum atomic E-state index is 13.4. The number of carboxylic acids is 1. The molecule has 36 heavy (non-hydrogen) atoms. The van der Waals surface area contributed by atoms with E-state index in [9.17, 15) is 23.2 Å². The first-order valence-electron chi connectivity index (χ1n) is 11.9. The van der Waals surface area contributed by atoms with Crippen LogP contribution < -0.4 is 5.32 Å². The van der Waals surface area contributed by atoms with E-state index in [1.807, 2.05) is 12.1 Å². The zero-order valence-electron chi connectivity index (χ0n) is 19.4. The van der Waals surface area contributed by atoms with Crippen LogP contribution in [0.4, 0.5) is 14.7 Å². The van der Waals surface area contributed by atoms with Crippen molar-refractivity contribution in [3.8, 4) is 11.3 Å². The average Bonchev–Trinajstić information content (AvgIpc) is 3.78. The molecule has 2 amide bonds. The highest BCUT2D eigenvalue weighted by molar-refractivity contribution is 5.95. The molecule has 1 aromatic carbocycles. The minimum atomic E-state index is -2.81. The number of likely N-dealkylation sites (tertiary alicyclic amines) is 1. The fourth-order valence-corrected chi connectivity index (χ4v) is 3.94. The molecular formula is C25H25F2N5O4. The first-order valence-corrected chi connectivity index (χ1v) is 11.9. The average molecular weight is 498 g/mol. The summed E-state index contributed by atoms with van der Waals surface area (Å²) in [7, 11) is 0. The molecule has 1 aliphatic heterocycles. The van der Waals surface area contributed by atoms with Crippen LogP contribution in [0.3, 0.4) is 0 Å². The highest BCUT2D eigenvalue weighted by atomic mass is 19.3. The Balaban J connectivity index is 0.000000391. The van der Waals surface area contributed by atoms with Gasteiger partial charge in [-0.15, -0.1) is 5.10 Å². The van der Waals surface area contributed by atoms with Gasteiger partial charge in [0.25, 0.3) is 11.8 Å². The van der Waals surface area contributed by atoms with Crippen LogP contribution in [0.25, 0.3) is 16.9 Å². The maximum Gasteiger partial charge on any atom is 0.306 e. The van der Waals surface area contributed by atoms with Crippen molar-refractivity contribution in [2.75, 3.05) is 18.4 Å². The number of fused-ring (bicyclic) bond motifs is 1. The number of aromatic nitrogens is 3. The van der Waals surface area contributed by atoms with Gasteiger partial charge >= 0.3 is 5.97 Å². The Morgan fingerprint density at radius 3 is 2.25 bits per heavy atom. The lowest BCUT2D eigenvalue weighted by molar-refractivity contribution is -0.138. The van der Waals surface area contributed by atoms with Crippen molar-refractivity contribution in [2.45, 2.75) is 38.0 Å². The van der Waals surface area contributed by atoms with E-state index < -0.39 is 24.3 Å². The van der Waals surface area contributed by atoms with E-state index in [1.165, 1.54) is 4.90 Å². The number of amides is 2. The summed E-state index contributed by atoms with van der Waals surface area (Å²) in [6, 6.07) is 12.2. The summed E-state index contributed by atoms with van der Waals surface area (Å²) in [6.45, 7) is -0.484. The van der Waals surface area contributed by atoms with Gasteiger partial charge in [-0.25, -0.2) is 13.3 Å². The third-order valence-electron chi connectivity index (χ3n) is 6.35. The Hall–Kier alpha value is -3.89. The van der Waals surface area contributed by atoms with Crippen LogP contribution in [0.1, 0.15) is 42.5 Å². The van der Waals surface area contributed by atoms with Crippen molar-refractivity contribution in [3.05, 3.63) is 48.0 Å². The lowest BCUT2D eigenvalue weighted by atomic mass is 10.1. The predicted molar refractivity (Wildman–Crippen MR) is 126 cm³/mol. The Labute approximate surface area is 205 Å². The summed E-state index contributed by atoms with van der Waals surface area (Å²) in [5, 5.41) is 15.2. The molecule has 0 spiro atoms. The first-order chi connectivity index (χ1) is 17.2. The van der Waals surface area contributed by atoms with Gasteiger partial charge in [0, 0.05) is 30.0 Å². The summed E-state index contributed by atoms with van der Waals surface area (Å²) in [4.78, 5) is 39.8. The number of nitrogens with one attached hydrogen (secondary N) is 1. The van der Waals surface area contributed by atoms with Crippen LogP contribution in [0.5, 0.6) is 0 Å². The number of benzene rings is 1. The minimum absolute atomic E-state index is 0.0185. The highest BCUT2D eigenvalue weighted by Gasteiger charge is 2.40. The quantitative estimate of drug-likeness (QED) is 0.555. The van der Waals surface area contributed by atoms with E-state index in [0.29, 0.717) is 11.2 Å². The number of halogens is 2. The predicted octanol–water partition coefficient (Wildman–Crippen LogP) is 3.71. The molecular weight excluding hydrogens is 472 g/mol. The van der Waals surface area contributed by atoms with Crippen molar-refractivity contribution in [3.63, 3.8) is 0 Å². The molecule has 188 valence electrons. The number of carboxylic acid groups (broad SMARTS) is 1. The zero-order valence-corrected chi connectivity index (χ0v) is 19.4. The molecule has 0 bridgehead atoms. The van der Waals surface area contributed by atoms with E-state index in [4.69, 9.17) is 5.11 Å². The Bertz CT molecular complexity index is 1320. The molecule has 1 saturated heterocycles. The molecule has 0 unspecified atom stereocenters. The number of hydrogen-bond donors (Lipinski definition) is 2. The SMILES string of the molecule is O=C(Nc1nc2cccc(-c3ccc(C(=O)N4CCC(F)(F)C4)cc3)n2n1)C1CC1.O=C(O)C1CC1. The second-order valence-electron chi connectivity index (χ2n) is 9.40. The number of anilines is 1. The lowest BCUT2D eigenvalue weighted by Gasteiger charge is -2.16. The second-order valence-corrected chi connectivity index (χ2v) is 9.40. The van der Waals surface area contributed by atoms with Crippen LogP contribution in [0.2, 0.25) is 0 Å². The van der Waals surface area contributed by atoms with Crippen molar-refractivity contribution in [2.24, 2.45) is 11.8 Å². The third kappa shape index (κ3) is 5.34. The van der Waals surface area contributed by atoms with Gasteiger partial charge in [-0.05, 0) is 49.9 Å². The minimum Gasteiger partial charge on any atom is -0.481 e. The maximum absolute atomic E-state index is 13.4. The van der Waals surface area contributed by atoms with Gasteiger partial charge in [0.15, 0.2) is 5.65 Å². The fraction of sp³-hybridized carbons (Fsp3) is 0.400. The van der Waals surface area contributed by atoms with E-state index in [-0.39, 0.29) is 36.7 Å². The van der Waals surface area contributed by atoms with Gasteiger partial charge in [-0.2, -0.15) is 4.98 Å². The van der Waals surface area contributed by atoms with E-state index in [0.717, 1.165) is 36.9 Å². The summed E-state index contributed by atoms with van der Waals surface area (Å²) in [5.41, 5.74) is 2.46. The Kier molecular flexibility index (Phi) is 6.15. The van der Waals surface area contributed by atoms with Gasteiger partial charge in [0.05, 0.1) is 18.2 Å². The molecule has 3 fully saturated rings. The third-order valence-corrected chi connectivity index (χ3v) is 6.35. The summed E-state index contributed by atoms with van der Waals surface area (Å²) in [5.74, 6) is -3.59. The molecule has 3 aromatic rings. The smallest absolute Gasteiger partial charge is 0.306 e. The van der Waals surface area contributed by atoms with Gasteiger partial charge in [-0.3, -0.25) is 19.7 Å². The summed E-state index contributed by atoms with van der Waals surface area (Å²) in [6.07, 6.45) is 3.28. The number of hydrogen-bond acceptors (Lipinski definition) is 5. The second kappa shape index (κ2) is 9.29. The van der Waals surface area contributed by atoms with Gasteiger partial charge in [-0.1, -0.05) is 18.2 Å². The molecule has 3 aliphatic rings. The van der Waals surface area contributed by atoms with Crippen LogP contribution in [0.15, 0.2) is 42.5 Å². The molecule has 2 N–H and O–H groups in total. The molecule has 2 aromatic heterocycles.